The van der Waals surface area contributed by atoms with Crippen LogP contribution in [-0.2, 0) is 0 Å². The standard InChI is InChI=1S/C44H26N2O/c1-2-13-28(14-3-1)45-35-20-10-8-19-34(35)41-36(45)24-25-37-42(41)43-38(23-22-33-32-18-9-11-21-40(32)47-44(33)43)46(37)39-26-27-12-4-5-15-29(27)30-16-6-7-17-31(30)39/h1-26H. The Bertz CT molecular complexity index is 3070. The van der Waals surface area contributed by atoms with Gasteiger partial charge >= 0.3 is 0 Å². The molecular weight excluding hydrogens is 572 g/mol. The number of furan rings is 1. The van der Waals surface area contributed by atoms with E-state index < -0.39 is 0 Å². The van der Waals surface area contributed by atoms with Crippen LogP contribution in [-0.4, -0.2) is 9.13 Å². The molecule has 0 saturated carbocycles. The number of hydrogen-bond acceptors (Lipinski definition) is 1. The lowest BCUT2D eigenvalue weighted by atomic mass is 10.00. The Kier molecular flexibility index (Phi) is 4.84. The summed E-state index contributed by atoms with van der Waals surface area (Å²) in [6.45, 7) is 0. The molecule has 0 N–H and O–H groups in total. The zero-order valence-electron chi connectivity index (χ0n) is 25.3. The molecule has 47 heavy (non-hydrogen) atoms. The molecule has 3 heterocycles. The average Bonchev–Trinajstić information content (AvgIpc) is 3.79. The maximum absolute atomic E-state index is 6.81. The van der Waals surface area contributed by atoms with Crippen molar-refractivity contribution in [3.8, 4) is 11.4 Å². The number of aromatic nitrogens is 2. The molecule has 0 radical (unpaired) electrons. The van der Waals surface area contributed by atoms with Gasteiger partial charge < -0.3 is 13.6 Å². The summed E-state index contributed by atoms with van der Waals surface area (Å²) in [5, 5.41) is 12.1. The first-order valence-electron chi connectivity index (χ1n) is 16.1. The zero-order valence-corrected chi connectivity index (χ0v) is 25.3. The molecule has 0 fully saturated rings. The molecule has 0 spiro atoms. The number of benzene rings is 8. The van der Waals surface area contributed by atoms with E-state index in [-0.39, 0.29) is 0 Å². The van der Waals surface area contributed by atoms with Gasteiger partial charge in [0, 0.05) is 38.0 Å². The SMILES string of the molecule is c1ccc(-n2c3ccccc3c3c4c5c6oc7ccccc7c6ccc5n(-c5cc6ccccc6c6ccccc56)c4ccc32)cc1. The van der Waals surface area contributed by atoms with Crippen molar-refractivity contribution in [2.45, 2.75) is 0 Å². The van der Waals surface area contributed by atoms with Crippen molar-refractivity contribution in [1.82, 2.24) is 9.13 Å². The highest BCUT2D eigenvalue weighted by Crippen LogP contribution is 2.47. The van der Waals surface area contributed by atoms with Crippen molar-refractivity contribution >= 4 is 87.1 Å². The van der Waals surface area contributed by atoms with Crippen molar-refractivity contribution in [1.29, 1.82) is 0 Å². The highest BCUT2D eigenvalue weighted by atomic mass is 16.3. The fourth-order valence-electron chi connectivity index (χ4n) is 8.16. The van der Waals surface area contributed by atoms with Crippen LogP contribution in [0, 0.1) is 0 Å². The van der Waals surface area contributed by atoms with Crippen molar-refractivity contribution in [2.24, 2.45) is 0 Å². The van der Waals surface area contributed by atoms with Crippen LogP contribution in [0.5, 0.6) is 0 Å². The first-order valence-corrected chi connectivity index (χ1v) is 16.1. The van der Waals surface area contributed by atoms with Gasteiger partial charge in [0.1, 0.15) is 11.2 Å². The molecule has 218 valence electrons. The monoisotopic (exact) mass is 598 g/mol. The van der Waals surface area contributed by atoms with E-state index in [1.54, 1.807) is 0 Å². The smallest absolute Gasteiger partial charge is 0.145 e. The van der Waals surface area contributed by atoms with Crippen LogP contribution in [0.3, 0.4) is 0 Å². The maximum Gasteiger partial charge on any atom is 0.145 e. The molecule has 0 unspecified atom stereocenters. The van der Waals surface area contributed by atoms with Gasteiger partial charge in [0.15, 0.2) is 0 Å². The highest BCUT2D eigenvalue weighted by Gasteiger charge is 2.24. The lowest BCUT2D eigenvalue weighted by Gasteiger charge is -2.14. The van der Waals surface area contributed by atoms with Crippen molar-refractivity contribution < 1.29 is 4.42 Å². The Morgan fingerprint density at radius 2 is 0.979 bits per heavy atom. The van der Waals surface area contributed by atoms with E-state index in [1.807, 2.05) is 0 Å². The van der Waals surface area contributed by atoms with Gasteiger partial charge in [-0.1, -0.05) is 103 Å². The predicted octanol–water partition coefficient (Wildman–Crippen LogP) is 12.1. The average molecular weight is 599 g/mol. The summed E-state index contributed by atoms with van der Waals surface area (Å²) in [6, 6.07) is 56.9. The molecule has 0 aliphatic carbocycles. The summed E-state index contributed by atoms with van der Waals surface area (Å²) >= 11 is 0. The lowest BCUT2D eigenvalue weighted by molar-refractivity contribution is 0.673. The van der Waals surface area contributed by atoms with Gasteiger partial charge in [-0.15, -0.1) is 0 Å². The first-order chi connectivity index (χ1) is 23.3. The van der Waals surface area contributed by atoms with Crippen molar-refractivity contribution in [3.05, 3.63) is 158 Å². The van der Waals surface area contributed by atoms with E-state index in [1.165, 1.54) is 54.4 Å². The number of para-hydroxylation sites is 3. The summed E-state index contributed by atoms with van der Waals surface area (Å²) in [5.74, 6) is 0. The van der Waals surface area contributed by atoms with Crippen LogP contribution in [0.25, 0.3) is 98.5 Å². The van der Waals surface area contributed by atoms with Gasteiger partial charge in [-0.25, -0.2) is 0 Å². The van der Waals surface area contributed by atoms with Crippen LogP contribution < -0.4 is 0 Å². The molecule has 0 atom stereocenters. The summed E-state index contributed by atoms with van der Waals surface area (Å²) in [6.07, 6.45) is 0. The van der Waals surface area contributed by atoms with E-state index in [2.05, 4.69) is 167 Å². The van der Waals surface area contributed by atoms with Gasteiger partial charge in [0.25, 0.3) is 0 Å². The highest BCUT2D eigenvalue weighted by molar-refractivity contribution is 6.34. The second-order valence-corrected chi connectivity index (χ2v) is 12.5. The van der Waals surface area contributed by atoms with Crippen LogP contribution in [0.15, 0.2) is 162 Å². The van der Waals surface area contributed by atoms with Gasteiger partial charge in [-0.2, -0.15) is 0 Å². The molecule has 0 saturated heterocycles. The molecule has 0 aliphatic rings. The Hall–Kier alpha value is -6.32. The summed E-state index contributed by atoms with van der Waals surface area (Å²) in [7, 11) is 0. The van der Waals surface area contributed by atoms with Crippen molar-refractivity contribution in [2.75, 3.05) is 0 Å². The van der Waals surface area contributed by atoms with Gasteiger partial charge in [0.2, 0.25) is 0 Å². The van der Waals surface area contributed by atoms with Crippen LogP contribution >= 0.6 is 0 Å². The molecule has 0 bridgehead atoms. The quantitative estimate of drug-likeness (QED) is 0.182. The molecule has 8 aromatic carbocycles. The Morgan fingerprint density at radius 3 is 1.83 bits per heavy atom. The van der Waals surface area contributed by atoms with Crippen molar-refractivity contribution in [3.63, 3.8) is 0 Å². The molecule has 3 heteroatoms. The minimum absolute atomic E-state index is 0.908. The maximum atomic E-state index is 6.81. The van der Waals surface area contributed by atoms with Crippen LogP contribution in [0.1, 0.15) is 0 Å². The van der Waals surface area contributed by atoms with Gasteiger partial charge in [0.05, 0.1) is 33.1 Å². The van der Waals surface area contributed by atoms with E-state index in [0.29, 0.717) is 0 Å². The van der Waals surface area contributed by atoms with Crippen LogP contribution in [0.4, 0.5) is 0 Å². The summed E-state index contributed by atoms with van der Waals surface area (Å²) in [5.41, 5.74) is 8.83. The predicted molar refractivity (Wildman–Crippen MR) is 197 cm³/mol. The third kappa shape index (κ3) is 3.25. The van der Waals surface area contributed by atoms with Gasteiger partial charge in [-0.05, 0) is 70.8 Å². The third-order valence-electron chi connectivity index (χ3n) is 10.1. The topological polar surface area (TPSA) is 23.0 Å². The largest absolute Gasteiger partial charge is 0.455 e. The van der Waals surface area contributed by atoms with Gasteiger partial charge in [-0.3, -0.25) is 0 Å². The molecular formula is C44H26N2O. The van der Waals surface area contributed by atoms with E-state index in [4.69, 9.17) is 4.42 Å². The fraction of sp³-hybridized carbons (Fsp3) is 0. The number of rotatable bonds is 2. The second kappa shape index (κ2) is 9.12. The molecule has 11 aromatic rings. The normalized spacial score (nSPS) is 12.3. The molecule has 3 aromatic heterocycles. The van der Waals surface area contributed by atoms with E-state index in [0.717, 1.165) is 44.0 Å². The number of nitrogens with zero attached hydrogens (tertiary/aromatic N) is 2. The molecule has 0 aliphatic heterocycles. The fourth-order valence-corrected chi connectivity index (χ4v) is 8.16. The lowest BCUT2D eigenvalue weighted by Crippen LogP contribution is -1.96. The zero-order chi connectivity index (χ0) is 30.6. The van der Waals surface area contributed by atoms with E-state index in [9.17, 15) is 0 Å². The minimum atomic E-state index is 0.908. The molecule has 0 amide bonds. The number of hydrogen-bond donors (Lipinski definition) is 0. The summed E-state index contributed by atoms with van der Waals surface area (Å²) in [4.78, 5) is 0. The Morgan fingerprint density at radius 1 is 0.362 bits per heavy atom. The van der Waals surface area contributed by atoms with E-state index >= 15 is 0 Å². The molecule has 11 rings (SSSR count). The second-order valence-electron chi connectivity index (χ2n) is 12.5. The Labute approximate surface area is 269 Å². The third-order valence-corrected chi connectivity index (χ3v) is 10.1. The minimum Gasteiger partial charge on any atom is -0.455 e. The van der Waals surface area contributed by atoms with Crippen LogP contribution in [0.2, 0.25) is 0 Å². The number of fused-ring (bicyclic) bond motifs is 14. The first kappa shape index (κ1) is 24.9. The Balaban J connectivity index is 1.42. The molecule has 3 nitrogen and oxygen atoms in total. The summed E-state index contributed by atoms with van der Waals surface area (Å²) < 4.78 is 11.7.